The number of aryl methyl sites for hydroxylation is 1. The van der Waals surface area contributed by atoms with Crippen LogP contribution in [0.2, 0.25) is 3.63 Å². The fraction of sp³-hybridized carbons (Fsp3) is 0.283. The van der Waals surface area contributed by atoms with Gasteiger partial charge in [-0.25, -0.2) is 0 Å². The smallest absolute Gasteiger partial charge is 1.00 e. The van der Waals surface area contributed by atoms with Gasteiger partial charge in [0.25, 0.3) is 0 Å². The summed E-state index contributed by atoms with van der Waals surface area (Å²) in [6, 6.07) is 28.1. The molecule has 2 aliphatic rings. The molecular weight excluding hydrogens is 772 g/mol. The van der Waals surface area contributed by atoms with Crippen molar-refractivity contribution in [3.8, 4) is 11.1 Å². The number of alkyl halides is 3. The number of rotatable bonds is 4. The Morgan fingerprint density at radius 1 is 0.692 bits per heavy atom. The number of hydrogen-bond donors (Lipinski definition) is 0. The Morgan fingerprint density at radius 3 is 1.96 bits per heavy atom. The molecule has 7 rings (SSSR count). The molecule has 268 valence electrons. The third-order valence-electron chi connectivity index (χ3n) is 10.6. The van der Waals surface area contributed by atoms with Gasteiger partial charge in [0.2, 0.25) is 0 Å². The summed E-state index contributed by atoms with van der Waals surface area (Å²) < 4.78 is 46.0. The summed E-state index contributed by atoms with van der Waals surface area (Å²) in [5.41, 5.74) is 11.7. The Hall–Kier alpha value is -3.04. The number of allylic oxidation sites excluding steroid dienone is 4. The van der Waals surface area contributed by atoms with Crippen LogP contribution in [0.3, 0.4) is 0 Å². The molecule has 0 N–H and O–H groups in total. The van der Waals surface area contributed by atoms with Crippen LogP contribution in [0.25, 0.3) is 21.9 Å². The Morgan fingerprint density at radius 2 is 1.31 bits per heavy atom. The zero-order valence-electron chi connectivity index (χ0n) is 31.1. The van der Waals surface area contributed by atoms with E-state index in [1.807, 2.05) is 18.2 Å². The summed E-state index contributed by atoms with van der Waals surface area (Å²) in [5.74, 6) is 0. The summed E-state index contributed by atoms with van der Waals surface area (Å²) in [5, 5.41) is 2.18. The van der Waals surface area contributed by atoms with E-state index in [4.69, 9.17) is 0 Å². The number of benzene rings is 5. The number of halogens is 5. The van der Waals surface area contributed by atoms with Gasteiger partial charge < -0.3 is 24.8 Å². The zero-order chi connectivity index (χ0) is 35.7. The van der Waals surface area contributed by atoms with Crippen LogP contribution in [-0.2, 0) is 44.7 Å². The largest absolute Gasteiger partial charge is 1.00 e. The maximum absolute atomic E-state index is 14.4. The second-order valence-electron chi connectivity index (χ2n) is 16.1. The standard InChI is InChI=1S/C23H29.C18H11F3.C5H5.2ClH.Zr/c1-14-9-16-11-17-10-15(2)21(23(6,7)8)13-19(17)18(16)12-20(14)22(3,4)5;19-18(20,21)16-9-3-5-13(12-16)11-15-8-4-7-14-6-1-2-10-17(14)15;1-2-4-5-3-1;;;/h9,12-13H,11H2,1-8H3;1-10,12H;1-5H;2*1H;/q;;;;;+2/p-2. The van der Waals surface area contributed by atoms with Crippen molar-refractivity contribution in [1.29, 1.82) is 0 Å². The second kappa shape index (κ2) is 14.7. The SMILES string of the molecule is Cc1cc2c(cc1C(C)(C)C)-c1cc(C(C)(C)C)c(C)[c]([Zr+2](=[C](c3cccc(C(F)(F)F)c3)c3cccc4ccccc34)[CH]3C=CC=C3)c1C2.[Cl-].[Cl-]. The molecule has 0 aromatic heterocycles. The predicted molar refractivity (Wildman–Crippen MR) is 202 cm³/mol. The van der Waals surface area contributed by atoms with Crippen LogP contribution in [-0.4, -0.2) is 3.21 Å². The summed E-state index contributed by atoms with van der Waals surface area (Å²) in [6.07, 6.45) is 5.29. The molecule has 0 heterocycles. The third kappa shape index (κ3) is 7.25. The molecule has 2 aliphatic carbocycles. The monoisotopic (exact) mass is 814 g/mol. The van der Waals surface area contributed by atoms with E-state index in [0.29, 0.717) is 5.56 Å². The minimum absolute atomic E-state index is 0. The van der Waals surface area contributed by atoms with E-state index >= 15 is 0 Å². The molecule has 0 spiro atoms. The molecular formula is C46H45Cl2F3Zr. The minimum Gasteiger partial charge on any atom is -1.00 e. The molecule has 0 radical (unpaired) electrons. The van der Waals surface area contributed by atoms with Crippen LogP contribution in [0.15, 0.2) is 109 Å². The molecule has 0 aliphatic heterocycles. The average Bonchev–Trinajstić information content (AvgIpc) is 3.70. The summed E-state index contributed by atoms with van der Waals surface area (Å²) in [6.45, 7) is 18.2. The van der Waals surface area contributed by atoms with E-state index in [-0.39, 0.29) is 39.3 Å². The van der Waals surface area contributed by atoms with Gasteiger partial charge in [-0.2, -0.15) is 0 Å². The van der Waals surface area contributed by atoms with E-state index in [1.165, 1.54) is 59.9 Å². The maximum Gasteiger partial charge on any atom is -1.00 e. The van der Waals surface area contributed by atoms with Crippen LogP contribution < -0.4 is 28.1 Å². The summed E-state index contributed by atoms with van der Waals surface area (Å²) in [4.78, 5) is 0. The van der Waals surface area contributed by atoms with E-state index in [1.54, 1.807) is 6.07 Å². The van der Waals surface area contributed by atoms with Crippen molar-refractivity contribution in [3.63, 3.8) is 0 Å². The number of hydrogen-bond acceptors (Lipinski definition) is 0. The van der Waals surface area contributed by atoms with E-state index in [2.05, 4.69) is 128 Å². The van der Waals surface area contributed by atoms with Crippen molar-refractivity contribution in [1.82, 2.24) is 0 Å². The Balaban J connectivity index is 0.00000261. The van der Waals surface area contributed by atoms with Crippen LogP contribution in [0.1, 0.15) is 91.6 Å². The first kappa shape index (κ1) is 40.2. The van der Waals surface area contributed by atoms with E-state index in [9.17, 15) is 13.2 Å². The third-order valence-corrected chi connectivity index (χ3v) is 18.8. The fourth-order valence-corrected chi connectivity index (χ4v) is 17.2. The molecule has 0 unspecified atom stereocenters. The van der Waals surface area contributed by atoms with Crippen LogP contribution >= 0.6 is 0 Å². The van der Waals surface area contributed by atoms with Crippen molar-refractivity contribution >= 4 is 17.2 Å². The average molecular weight is 817 g/mol. The topological polar surface area (TPSA) is 0 Å². The predicted octanol–water partition coefficient (Wildman–Crippen LogP) is 6.08. The Bertz CT molecular complexity index is 2260. The van der Waals surface area contributed by atoms with Crippen LogP contribution in [0.4, 0.5) is 13.2 Å². The van der Waals surface area contributed by atoms with Gasteiger partial charge in [0.15, 0.2) is 0 Å². The van der Waals surface area contributed by atoms with Gasteiger partial charge in [0.05, 0.1) is 0 Å². The van der Waals surface area contributed by atoms with Crippen molar-refractivity contribution in [2.45, 2.75) is 82.4 Å². The molecule has 0 saturated heterocycles. The summed E-state index contributed by atoms with van der Waals surface area (Å²) in [7, 11) is 0. The van der Waals surface area contributed by atoms with Crippen LogP contribution in [0.5, 0.6) is 0 Å². The van der Waals surface area contributed by atoms with Crippen molar-refractivity contribution in [2.24, 2.45) is 0 Å². The number of fused-ring (bicyclic) bond motifs is 4. The summed E-state index contributed by atoms with van der Waals surface area (Å²) >= 11 is -3.29. The van der Waals surface area contributed by atoms with Crippen molar-refractivity contribution in [2.75, 3.05) is 0 Å². The van der Waals surface area contributed by atoms with Gasteiger partial charge >= 0.3 is 305 Å². The van der Waals surface area contributed by atoms with Gasteiger partial charge in [-0.15, -0.1) is 0 Å². The Labute approximate surface area is 327 Å². The first-order valence-electron chi connectivity index (χ1n) is 17.6. The second-order valence-corrected chi connectivity index (χ2v) is 22.3. The minimum atomic E-state index is -4.44. The van der Waals surface area contributed by atoms with Gasteiger partial charge in [0.1, 0.15) is 0 Å². The van der Waals surface area contributed by atoms with E-state index in [0.717, 1.165) is 26.0 Å². The first-order valence-corrected chi connectivity index (χ1v) is 21.5. The molecule has 5 aromatic rings. The van der Waals surface area contributed by atoms with Gasteiger partial charge in [-0.3, -0.25) is 0 Å². The zero-order valence-corrected chi connectivity index (χ0v) is 35.0. The normalized spacial score (nSPS) is 14.2. The molecule has 0 amide bonds. The van der Waals surface area contributed by atoms with Crippen molar-refractivity contribution < 1.29 is 59.3 Å². The van der Waals surface area contributed by atoms with E-state index < -0.39 is 33.0 Å². The molecule has 0 saturated carbocycles. The Kier molecular flexibility index (Phi) is 11.3. The molecule has 5 aromatic carbocycles. The molecule has 52 heavy (non-hydrogen) atoms. The van der Waals surface area contributed by atoms with Gasteiger partial charge in [-0.1, -0.05) is 0 Å². The molecule has 0 bridgehead atoms. The first-order chi connectivity index (χ1) is 23.5. The van der Waals surface area contributed by atoms with Crippen LogP contribution in [0, 0.1) is 13.8 Å². The van der Waals surface area contributed by atoms with Crippen molar-refractivity contribution in [3.05, 3.63) is 159 Å². The molecule has 0 fully saturated rings. The molecule has 0 atom stereocenters. The molecule has 0 nitrogen and oxygen atoms in total. The van der Waals surface area contributed by atoms with Gasteiger partial charge in [0, 0.05) is 0 Å². The fourth-order valence-electron chi connectivity index (χ4n) is 8.40. The molecule has 6 heteroatoms. The maximum atomic E-state index is 14.4. The quantitative estimate of drug-likeness (QED) is 0.203. The van der Waals surface area contributed by atoms with Gasteiger partial charge in [-0.05, 0) is 0 Å².